The first kappa shape index (κ1) is 18.7. The Bertz CT molecular complexity index is 1010. The van der Waals surface area contributed by atoms with Gasteiger partial charge < -0.3 is 19.5 Å². The minimum Gasteiger partial charge on any atom is -0.459 e. The molecule has 1 fully saturated rings. The third-order valence-corrected chi connectivity index (χ3v) is 4.72. The summed E-state index contributed by atoms with van der Waals surface area (Å²) in [6, 6.07) is 12.9. The van der Waals surface area contributed by atoms with E-state index in [0.29, 0.717) is 43.3 Å². The summed E-state index contributed by atoms with van der Waals surface area (Å²) in [5.41, 5.74) is 1.15. The second-order valence-electron chi connectivity index (χ2n) is 6.60. The lowest BCUT2D eigenvalue weighted by Crippen LogP contribution is -2.50. The number of rotatable bonds is 4. The highest BCUT2D eigenvalue weighted by molar-refractivity contribution is 5.94. The van der Waals surface area contributed by atoms with Gasteiger partial charge >= 0.3 is 0 Å². The van der Waals surface area contributed by atoms with Gasteiger partial charge in [-0.2, -0.15) is 0 Å². The molecule has 7 nitrogen and oxygen atoms in total. The summed E-state index contributed by atoms with van der Waals surface area (Å²) >= 11 is 0. The van der Waals surface area contributed by atoms with Crippen molar-refractivity contribution in [1.29, 1.82) is 0 Å². The number of piperazine rings is 1. The Kier molecular flexibility index (Phi) is 5.24. The molecule has 4 rings (SSSR count). The topological polar surface area (TPSA) is 78.7 Å². The van der Waals surface area contributed by atoms with Crippen LogP contribution in [0.5, 0.6) is 0 Å². The van der Waals surface area contributed by atoms with Crippen molar-refractivity contribution in [2.45, 2.75) is 0 Å². The average Bonchev–Trinajstić information content (AvgIpc) is 3.30. The molecule has 0 atom stereocenters. The van der Waals surface area contributed by atoms with Crippen LogP contribution in [-0.2, 0) is 0 Å². The molecular formula is C21H19FN4O3. The molecular weight excluding hydrogens is 375 g/mol. The first-order chi connectivity index (χ1) is 14.1. The number of hydrogen-bond donors (Lipinski definition) is 1. The molecule has 148 valence electrons. The summed E-state index contributed by atoms with van der Waals surface area (Å²) in [7, 11) is 0. The van der Waals surface area contributed by atoms with Crippen molar-refractivity contribution in [3.05, 3.63) is 78.3 Å². The molecule has 3 heterocycles. The quantitative estimate of drug-likeness (QED) is 0.735. The van der Waals surface area contributed by atoms with Gasteiger partial charge in [0, 0.05) is 38.1 Å². The molecule has 2 amide bonds. The second kappa shape index (κ2) is 8.14. The molecule has 1 N–H and O–H groups in total. The maximum Gasteiger partial charge on any atom is 0.289 e. The van der Waals surface area contributed by atoms with Crippen molar-refractivity contribution in [2.24, 2.45) is 0 Å². The van der Waals surface area contributed by atoms with Crippen LogP contribution in [0.25, 0.3) is 0 Å². The van der Waals surface area contributed by atoms with Gasteiger partial charge in [0.25, 0.3) is 11.8 Å². The molecule has 1 aliphatic rings. The number of amides is 2. The lowest BCUT2D eigenvalue weighted by Gasteiger charge is -2.34. The molecule has 3 aromatic rings. The van der Waals surface area contributed by atoms with E-state index in [0.717, 1.165) is 0 Å². The predicted octanol–water partition coefficient (Wildman–Crippen LogP) is 3.16. The molecule has 0 bridgehead atoms. The molecule has 0 spiro atoms. The van der Waals surface area contributed by atoms with Crippen molar-refractivity contribution in [3.8, 4) is 0 Å². The smallest absolute Gasteiger partial charge is 0.289 e. The summed E-state index contributed by atoms with van der Waals surface area (Å²) in [6.07, 6.45) is 2.97. The van der Waals surface area contributed by atoms with Crippen molar-refractivity contribution >= 4 is 23.2 Å². The van der Waals surface area contributed by atoms with Gasteiger partial charge in [-0.3, -0.25) is 14.6 Å². The van der Waals surface area contributed by atoms with Crippen molar-refractivity contribution in [1.82, 2.24) is 14.8 Å². The van der Waals surface area contributed by atoms with E-state index in [4.69, 9.17) is 4.42 Å². The summed E-state index contributed by atoms with van der Waals surface area (Å²) in [5, 5.41) is 2.96. The van der Waals surface area contributed by atoms with Gasteiger partial charge in [-0.05, 0) is 36.4 Å². The van der Waals surface area contributed by atoms with Gasteiger partial charge in [0.1, 0.15) is 11.5 Å². The van der Waals surface area contributed by atoms with Crippen molar-refractivity contribution in [3.63, 3.8) is 0 Å². The van der Waals surface area contributed by atoms with E-state index in [1.165, 1.54) is 18.5 Å². The fraction of sp³-hybridized carbons (Fsp3) is 0.190. The van der Waals surface area contributed by atoms with Crippen LogP contribution in [-0.4, -0.2) is 52.8 Å². The van der Waals surface area contributed by atoms with Gasteiger partial charge in [0.2, 0.25) is 0 Å². The van der Waals surface area contributed by atoms with Crippen LogP contribution in [0, 0.1) is 5.82 Å². The number of aromatic nitrogens is 1. The van der Waals surface area contributed by atoms with Gasteiger partial charge in [0.15, 0.2) is 5.76 Å². The number of para-hydroxylation sites is 1. The Labute approximate surface area is 166 Å². The molecule has 0 saturated carbocycles. The number of benzene rings is 1. The van der Waals surface area contributed by atoms with Crippen LogP contribution in [0.1, 0.15) is 21.0 Å². The van der Waals surface area contributed by atoms with E-state index in [9.17, 15) is 14.0 Å². The van der Waals surface area contributed by atoms with Crippen LogP contribution in [0.4, 0.5) is 15.8 Å². The van der Waals surface area contributed by atoms with E-state index < -0.39 is 0 Å². The number of halogens is 1. The molecule has 0 unspecified atom stereocenters. The third kappa shape index (κ3) is 4.11. The van der Waals surface area contributed by atoms with Gasteiger partial charge in [0.05, 0.1) is 12.0 Å². The van der Waals surface area contributed by atoms with Crippen LogP contribution in [0.2, 0.25) is 0 Å². The average molecular weight is 394 g/mol. The zero-order chi connectivity index (χ0) is 20.2. The van der Waals surface area contributed by atoms with E-state index in [1.54, 1.807) is 52.3 Å². The van der Waals surface area contributed by atoms with E-state index in [-0.39, 0.29) is 23.3 Å². The SMILES string of the molecule is O=C(c1cc(Nc2ccccc2F)ccn1)N1CCN(C(=O)c2ccco2)CC1. The number of pyridine rings is 1. The summed E-state index contributed by atoms with van der Waals surface area (Å²) < 4.78 is 19.0. The van der Waals surface area contributed by atoms with Crippen LogP contribution in [0.3, 0.4) is 0 Å². The number of anilines is 2. The van der Waals surface area contributed by atoms with E-state index >= 15 is 0 Å². The molecule has 8 heteroatoms. The lowest BCUT2D eigenvalue weighted by atomic mass is 10.2. The summed E-state index contributed by atoms with van der Waals surface area (Å²) in [4.78, 5) is 32.6. The number of carbonyl (C=O) groups excluding carboxylic acids is 2. The molecule has 1 aliphatic heterocycles. The maximum absolute atomic E-state index is 13.8. The van der Waals surface area contributed by atoms with Crippen molar-refractivity contribution < 1.29 is 18.4 Å². The van der Waals surface area contributed by atoms with Crippen LogP contribution < -0.4 is 5.32 Å². The fourth-order valence-corrected chi connectivity index (χ4v) is 3.17. The van der Waals surface area contributed by atoms with Crippen LogP contribution in [0.15, 0.2) is 65.4 Å². The minimum absolute atomic E-state index is 0.184. The van der Waals surface area contributed by atoms with Gasteiger partial charge in [-0.1, -0.05) is 12.1 Å². The third-order valence-electron chi connectivity index (χ3n) is 4.72. The zero-order valence-electron chi connectivity index (χ0n) is 15.5. The minimum atomic E-state index is -0.380. The molecule has 1 aromatic carbocycles. The molecule has 2 aromatic heterocycles. The summed E-state index contributed by atoms with van der Waals surface area (Å²) in [5.74, 6) is -0.503. The molecule has 1 saturated heterocycles. The highest BCUT2D eigenvalue weighted by Gasteiger charge is 2.27. The fourth-order valence-electron chi connectivity index (χ4n) is 3.17. The Morgan fingerprint density at radius 1 is 0.966 bits per heavy atom. The standard InChI is InChI=1S/C21H19FN4O3/c22-16-4-1-2-5-17(16)24-15-7-8-23-18(14-15)20(27)25-9-11-26(12-10-25)21(28)19-6-3-13-29-19/h1-8,13-14H,9-12H2,(H,23,24). The Morgan fingerprint density at radius 2 is 1.69 bits per heavy atom. The number of furan rings is 1. The zero-order valence-corrected chi connectivity index (χ0v) is 15.5. The first-order valence-electron chi connectivity index (χ1n) is 9.21. The molecule has 0 aliphatic carbocycles. The predicted molar refractivity (Wildman–Crippen MR) is 104 cm³/mol. The monoisotopic (exact) mass is 394 g/mol. The number of nitrogens with one attached hydrogen (secondary N) is 1. The maximum atomic E-state index is 13.8. The van der Waals surface area contributed by atoms with Gasteiger partial charge in [-0.25, -0.2) is 4.39 Å². The van der Waals surface area contributed by atoms with E-state index in [2.05, 4.69) is 10.3 Å². The first-order valence-corrected chi connectivity index (χ1v) is 9.21. The largest absolute Gasteiger partial charge is 0.459 e. The Balaban J connectivity index is 1.40. The second-order valence-corrected chi connectivity index (χ2v) is 6.60. The summed E-state index contributed by atoms with van der Waals surface area (Å²) in [6.45, 7) is 1.63. The highest BCUT2D eigenvalue weighted by Crippen LogP contribution is 2.20. The Hall–Kier alpha value is -3.68. The number of hydrogen-bond acceptors (Lipinski definition) is 5. The van der Waals surface area contributed by atoms with Crippen LogP contribution >= 0.6 is 0 Å². The highest BCUT2D eigenvalue weighted by atomic mass is 19.1. The molecule has 0 radical (unpaired) electrons. The number of nitrogens with zero attached hydrogens (tertiary/aromatic N) is 3. The molecule has 29 heavy (non-hydrogen) atoms. The lowest BCUT2D eigenvalue weighted by molar-refractivity contribution is 0.0515. The normalized spacial score (nSPS) is 14.0. The number of carbonyl (C=O) groups is 2. The Morgan fingerprint density at radius 3 is 2.38 bits per heavy atom. The van der Waals surface area contributed by atoms with Crippen molar-refractivity contribution in [2.75, 3.05) is 31.5 Å². The van der Waals surface area contributed by atoms with Gasteiger partial charge in [-0.15, -0.1) is 0 Å². The van der Waals surface area contributed by atoms with E-state index in [1.807, 2.05) is 0 Å².